The van der Waals surface area contributed by atoms with E-state index in [-0.39, 0.29) is 6.04 Å². The van der Waals surface area contributed by atoms with E-state index in [0.717, 1.165) is 5.01 Å². The fourth-order valence-corrected chi connectivity index (χ4v) is 2.25. The number of rotatable bonds is 2. The first-order valence-electron chi connectivity index (χ1n) is 4.07. The van der Waals surface area contributed by atoms with Gasteiger partial charge in [0, 0.05) is 18.3 Å². The first-order valence-corrected chi connectivity index (χ1v) is 4.95. The molecule has 1 saturated heterocycles. The Morgan fingerprint density at radius 2 is 2.62 bits per heavy atom. The Hall–Kier alpha value is -0.810. The average Bonchev–Trinajstić information content (AvgIpc) is 2.71. The molecule has 2 rings (SSSR count). The minimum absolute atomic E-state index is 0.00583. The van der Waals surface area contributed by atoms with Crippen LogP contribution in [0.1, 0.15) is 28.0 Å². The normalized spacial score (nSPS) is 27.8. The van der Waals surface area contributed by atoms with Crippen LogP contribution in [0.15, 0.2) is 5.38 Å². The molecule has 1 aliphatic heterocycles. The zero-order valence-corrected chi connectivity index (χ0v) is 7.68. The molecule has 0 unspecified atom stereocenters. The van der Waals surface area contributed by atoms with Crippen molar-refractivity contribution in [2.75, 3.05) is 6.54 Å². The molecule has 2 atom stereocenters. The molecule has 0 bridgehead atoms. The smallest absolute Gasteiger partial charge is 0.169 e. The first kappa shape index (κ1) is 8.77. The number of alkyl halides is 1. The fraction of sp³-hybridized carbons (Fsp3) is 0.500. The van der Waals surface area contributed by atoms with Crippen molar-refractivity contribution in [2.45, 2.75) is 18.6 Å². The van der Waals surface area contributed by atoms with E-state index < -0.39 is 6.17 Å². The molecule has 2 heterocycles. The predicted molar refractivity (Wildman–Crippen MR) is 47.8 cm³/mol. The SMILES string of the molecule is O=Cc1csc([C@@H]2C[C@@H](F)CN2)n1. The van der Waals surface area contributed by atoms with Gasteiger partial charge in [-0.05, 0) is 0 Å². The monoisotopic (exact) mass is 200 g/mol. The molecule has 0 aromatic carbocycles. The van der Waals surface area contributed by atoms with Gasteiger partial charge in [-0.25, -0.2) is 9.37 Å². The maximum atomic E-state index is 12.8. The largest absolute Gasteiger partial charge is 0.305 e. The number of hydrogen-bond donors (Lipinski definition) is 1. The number of carbonyl (C=O) groups is 1. The summed E-state index contributed by atoms with van der Waals surface area (Å²) < 4.78 is 12.8. The number of thiazole rings is 1. The van der Waals surface area contributed by atoms with Gasteiger partial charge in [0.15, 0.2) is 6.29 Å². The van der Waals surface area contributed by atoms with Gasteiger partial charge in [-0.15, -0.1) is 11.3 Å². The summed E-state index contributed by atoms with van der Waals surface area (Å²) >= 11 is 1.40. The number of nitrogens with zero attached hydrogens (tertiary/aromatic N) is 1. The average molecular weight is 200 g/mol. The lowest BCUT2D eigenvalue weighted by atomic mass is 10.2. The molecule has 1 fully saturated rings. The first-order chi connectivity index (χ1) is 6.29. The van der Waals surface area contributed by atoms with Crippen LogP contribution in [0, 0.1) is 0 Å². The highest BCUT2D eigenvalue weighted by molar-refractivity contribution is 7.09. The lowest BCUT2D eigenvalue weighted by Crippen LogP contribution is -2.13. The Morgan fingerprint density at radius 1 is 1.77 bits per heavy atom. The maximum absolute atomic E-state index is 12.8. The lowest BCUT2D eigenvalue weighted by molar-refractivity contribution is 0.111. The highest BCUT2D eigenvalue weighted by atomic mass is 32.1. The second kappa shape index (κ2) is 3.51. The minimum Gasteiger partial charge on any atom is -0.305 e. The number of aldehydes is 1. The van der Waals surface area contributed by atoms with Crippen molar-refractivity contribution in [3.8, 4) is 0 Å². The lowest BCUT2D eigenvalue weighted by Gasteiger charge is -2.03. The van der Waals surface area contributed by atoms with Crippen LogP contribution < -0.4 is 5.32 Å². The minimum atomic E-state index is -0.784. The molecule has 13 heavy (non-hydrogen) atoms. The second-order valence-electron chi connectivity index (χ2n) is 3.02. The topological polar surface area (TPSA) is 42.0 Å². The molecule has 1 aromatic rings. The third-order valence-electron chi connectivity index (χ3n) is 2.04. The van der Waals surface area contributed by atoms with Crippen LogP contribution in [-0.4, -0.2) is 24.0 Å². The molecule has 5 heteroatoms. The predicted octanol–water partition coefficient (Wildman–Crippen LogP) is 1.33. The zero-order valence-electron chi connectivity index (χ0n) is 6.87. The van der Waals surface area contributed by atoms with Crippen LogP contribution in [0.25, 0.3) is 0 Å². The quantitative estimate of drug-likeness (QED) is 0.732. The van der Waals surface area contributed by atoms with Gasteiger partial charge >= 0.3 is 0 Å². The van der Waals surface area contributed by atoms with Crippen LogP contribution in [0.4, 0.5) is 4.39 Å². The molecule has 70 valence electrons. The molecule has 3 nitrogen and oxygen atoms in total. The van der Waals surface area contributed by atoms with E-state index in [0.29, 0.717) is 24.9 Å². The second-order valence-corrected chi connectivity index (χ2v) is 3.91. The zero-order chi connectivity index (χ0) is 9.26. The van der Waals surface area contributed by atoms with Gasteiger partial charge < -0.3 is 5.32 Å². The molecule has 1 N–H and O–H groups in total. The molecule has 1 aromatic heterocycles. The number of halogens is 1. The van der Waals surface area contributed by atoms with Crippen LogP contribution in [0.5, 0.6) is 0 Å². The van der Waals surface area contributed by atoms with Crippen molar-refractivity contribution in [1.82, 2.24) is 10.3 Å². The molecule has 0 saturated carbocycles. The Morgan fingerprint density at radius 3 is 3.15 bits per heavy atom. The van der Waals surface area contributed by atoms with Crippen molar-refractivity contribution in [2.24, 2.45) is 0 Å². The van der Waals surface area contributed by atoms with E-state index in [1.54, 1.807) is 5.38 Å². The van der Waals surface area contributed by atoms with Crippen LogP contribution in [0.2, 0.25) is 0 Å². The molecule has 0 radical (unpaired) electrons. The van der Waals surface area contributed by atoms with E-state index in [9.17, 15) is 9.18 Å². The highest BCUT2D eigenvalue weighted by Crippen LogP contribution is 2.26. The third-order valence-corrected chi connectivity index (χ3v) is 3.01. The fourth-order valence-electron chi connectivity index (χ4n) is 1.40. The van der Waals surface area contributed by atoms with Crippen molar-refractivity contribution in [3.05, 3.63) is 16.1 Å². The van der Waals surface area contributed by atoms with Crippen LogP contribution in [0.3, 0.4) is 0 Å². The molecular formula is C8H9FN2OS. The van der Waals surface area contributed by atoms with Gasteiger partial charge in [0.2, 0.25) is 0 Å². The summed E-state index contributed by atoms with van der Waals surface area (Å²) in [6.07, 6.45) is 0.391. The van der Waals surface area contributed by atoms with Gasteiger partial charge in [0.25, 0.3) is 0 Å². The number of carbonyl (C=O) groups excluding carboxylic acids is 1. The van der Waals surface area contributed by atoms with Crippen LogP contribution in [-0.2, 0) is 0 Å². The Kier molecular flexibility index (Phi) is 2.37. The maximum Gasteiger partial charge on any atom is 0.169 e. The highest BCUT2D eigenvalue weighted by Gasteiger charge is 2.26. The summed E-state index contributed by atoms with van der Waals surface area (Å²) in [5.74, 6) is 0. The van der Waals surface area contributed by atoms with E-state index in [4.69, 9.17) is 0 Å². The summed E-state index contributed by atoms with van der Waals surface area (Å²) in [5, 5.41) is 5.51. The van der Waals surface area contributed by atoms with Crippen LogP contribution >= 0.6 is 11.3 Å². The van der Waals surface area contributed by atoms with E-state index >= 15 is 0 Å². The van der Waals surface area contributed by atoms with E-state index in [1.807, 2.05) is 0 Å². The number of hydrogen-bond acceptors (Lipinski definition) is 4. The Bertz CT molecular complexity index is 315. The molecule has 0 amide bonds. The summed E-state index contributed by atoms with van der Waals surface area (Å²) in [6, 6.07) is -0.00583. The molecule has 0 spiro atoms. The van der Waals surface area contributed by atoms with Gasteiger partial charge in [-0.1, -0.05) is 0 Å². The number of aromatic nitrogens is 1. The summed E-state index contributed by atoms with van der Waals surface area (Å²) in [5.41, 5.74) is 0.434. The summed E-state index contributed by atoms with van der Waals surface area (Å²) in [6.45, 7) is 0.390. The molecule has 0 aliphatic carbocycles. The molecular weight excluding hydrogens is 191 g/mol. The van der Waals surface area contributed by atoms with Crippen molar-refractivity contribution < 1.29 is 9.18 Å². The van der Waals surface area contributed by atoms with Gasteiger partial charge in [0.1, 0.15) is 16.9 Å². The Labute approximate surface area is 79.0 Å². The van der Waals surface area contributed by atoms with Crippen molar-refractivity contribution in [3.63, 3.8) is 0 Å². The van der Waals surface area contributed by atoms with Crippen molar-refractivity contribution in [1.29, 1.82) is 0 Å². The van der Waals surface area contributed by atoms with Gasteiger partial charge in [0.05, 0.1) is 6.04 Å². The van der Waals surface area contributed by atoms with E-state index in [1.165, 1.54) is 11.3 Å². The van der Waals surface area contributed by atoms with E-state index in [2.05, 4.69) is 10.3 Å². The summed E-state index contributed by atoms with van der Waals surface area (Å²) in [7, 11) is 0. The van der Waals surface area contributed by atoms with Gasteiger partial charge in [-0.2, -0.15) is 0 Å². The standard InChI is InChI=1S/C8H9FN2OS/c9-5-1-7(10-2-5)8-11-6(3-12)4-13-8/h3-5,7,10H,1-2H2/t5-,7+/m1/s1. The number of nitrogens with one attached hydrogen (secondary N) is 1. The third kappa shape index (κ3) is 1.76. The van der Waals surface area contributed by atoms with Crippen molar-refractivity contribution >= 4 is 17.6 Å². The van der Waals surface area contributed by atoms with Gasteiger partial charge in [-0.3, -0.25) is 4.79 Å². The Balaban J connectivity index is 2.12. The summed E-state index contributed by atoms with van der Waals surface area (Å²) in [4.78, 5) is 14.4. The molecule has 1 aliphatic rings.